The second-order valence-electron chi connectivity index (χ2n) is 14.4. The van der Waals surface area contributed by atoms with Crippen molar-refractivity contribution in [1.29, 1.82) is 0 Å². The third-order valence-electron chi connectivity index (χ3n) is 6.34. The molecule has 0 radical (unpaired) electrons. The Balaban J connectivity index is 2.41. The summed E-state index contributed by atoms with van der Waals surface area (Å²) in [5.74, 6) is 5.08. The second kappa shape index (κ2) is 12.6. The van der Waals surface area contributed by atoms with Crippen LogP contribution in [-0.2, 0) is 18.9 Å². The van der Waals surface area contributed by atoms with E-state index in [1.165, 1.54) is 0 Å². The molecule has 0 aliphatic carbocycles. The zero-order valence-electron chi connectivity index (χ0n) is 27.4. The summed E-state index contributed by atoms with van der Waals surface area (Å²) in [6.45, 7) is 26.0. The summed E-state index contributed by atoms with van der Waals surface area (Å²) >= 11 is 0. The molecule has 220 valence electrons. The van der Waals surface area contributed by atoms with Gasteiger partial charge in [0.25, 0.3) is 0 Å². The Labute approximate surface area is 244 Å². The van der Waals surface area contributed by atoms with Gasteiger partial charge in [-0.15, -0.1) is 0 Å². The van der Waals surface area contributed by atoms with Crippen molar-refractivity contribution in [2.45, 2.75) is 83.1 Å². The first kappa shape index (κ1) is 33.1. The van der Waals surface area contributed by atoms with E-state index >= 15 is 0 Å². The third-order valence-corrected chi connectivity index (χ3v) is 6.34. The number of ether oxygens (including phenoxy) is 4. The molecule has 4 heteroatoms. The molecule has 40 heavy (non-hydrogen) atoms. The second-order valence-corrected chi connectivity index (χ2v) is 14.4. The highest BCUT2D eigenvalue weighted by atomic mass is 16.5. The average Bonchev–Trinajstić information content (AvgIpc) is 2.82. The number of methoxy groups -OCH3 is 2. The minimum absolute atomic E-state index is 0.0934. The molecule has 0 aromatic heterocycles. The smallest absolute Gasteiger partial charge is 0.160 e. The third kappa shape index (κ3) is 9.50. The Bertz CT molecular complexity index is 1050. The van der Waals surface area contributed by atoms with Crippen LogP contribution < -0.4 is 0 Å². The van der Waals surface area contributed by atoms with E-state index in [0.717, 1.165) is 34.2 Å². The van der Waals surface area contributed by atoms with Gasteiger partial charge in [0, 0.05) is 21.7 Å². The van der Waals surface area contributed by atoms with Crippen LogP contribution in [0.5, 0.6) is 0 Å². The van der Waals surface area contributed by atoms with Crippen molar-refractivity contribution in [1.82, 2.24) is 0 Å². The SMILES string of the molecule is COC(/C=C/C=C1C=C(C(C)(C)C)OC(C(C)(C)C)=C1)=C(\C=C\C=C1C=C(C(C)(C)C)OC(C(C)(C)C)=C1)OC. The van der Waals surface area contributed by atoms with Gasteiger partial charge in [-0.25, -0.2) is 0 Å². The molecular formula is C36H52O4. The molecule has 0 aromatic carbocycles. The fraction of sp³-hybridized carbons (Fsp3) is 0.500. The van der Waals surface area contributed by atoms with Crippen LogP contribution in [0.25, 0.3) is 0 Å². The van der Waals surface area contributed by atoms with Crippen LogP contribution in [0, 0.1) is 21.7 Å². The maximum atomic E-state index is 6.27. The molecule has 0 spiro atoms. The first-order chi connectivity index (χ1) is 18.3. The van der Waals surface area contributed by atoms with Gasteiger partial charge in [-0.3, -0.25) is 0 Å². The summed E-state index contributed by atoms with van der Waals surface area (Å²) in [4.78, 5) is 0. The largest absolute Gasteiger partial charge is 0.493 e. The van der Waals surface area contributed by atoms with Gasteiger partial charge in [-0.2, -0.15) is 0 Å². The molecule has 0 fully saturated rings. The minimum atomic E-state index is -0.0934. The van der Waals surface area contributed by atoms with Gasteiger partial charge in [0.2, 0.25) is 0 Å². The molecule has 0 saturated carbocycles. The van der Waals surface area contributed by atoms with Crippen molar-refractivity contribution in [2.24, 2.45) is 21.7 Å². The van der Waals surface area contributed by atoms with Gasteiger partial charge >= 0.3 is 0 Å². The molecule has 2 aliphatic rings. The van der Waals surface area contributed by atoms with Gasteiger partial charge in [-0.1, -0.05) is 107 Å². The van der Waals surface area contributed by atoms with Crippen LogP contribution in [0.3, 0.4) is 0 Å². The Morgan fingerprint density at radius 2 is 0.750 bits per heavy atom. The van der Waals surface area contributed by atoms with Crippen molar-refractivity contribution in [3.8, 4) is 0 Å². The van der Waals surface area contributed by atoms with E-state index in [2.05, 4.69) is 120 Å². The summed E-state index contributed by atoms with van der Waals surface area (Å²) in [5.41, 5.74) is 1.78. The molecular weight excluding hydrogens is 496 g/mol. The fourth-order valence-corrected chi connectivity index (χ4v) is 3.71. The lowest BCUT2D eigenvalue weighted by molar-refractivity contribution is 0.161. The summed E-state index contributed by atoms with van der Waals surface area (Å²) in [6, 6.07) is 0. The fourth-order valence-electron chi connectivity index (χ4n) is 3.71. The molecule has 0 N–H and O–H groups in total. The Morgan fingerprint density at radius 3 is 0.950 bits per heavy atom. The van der Waals surface area contributed by atoms with Crippen LogP contribution >= 0.6 is 0 Å². The quantitative estimate of drug-likeness (QED) is 0.244. The van der Waals surface area contributed by atoms with E-state index < -0.39 is 0 Å². The number of rotatable bonds is 6. The van der Waals surface area contributed by atoms with Crippen LogP contribution in [0.1, 0.15) is 83.1 Å². The zero-order chi connectivity index (χ0) is 30.5. The molecule has 2 heterocycles. The monoisotopic (exact) mass is 548 g/mol. The standard InChI is InChI=1S/C36H52O4/c1-33(2,3)29-21-25(22-30(39-29)34(4,5)6)17-15-19-27(37-13)28(38-14)20-16-18-26-23-31(35(7,8)9)40-32(24-26)36(10,11)12/h15-24H,1-14H3/b19-15+,20-16+,28-27+. The average molecular weight is 549 g/mol. The van der Waals surface area contributed by atoms with Crippen LogP contribution in [0.15, 0.2) is 106 Å². The normalized spacial score (nSPS) is 17.9. The molecule has 0 aromatic rings. The Kier molecular flexibility index (Phi) is 10.4. The van der Waals surface area contributed by atoms with E-state index in [9.17, 15) is 0 Å². The van der Waals surface area contributed by atoms with Crippen molar-refractivity contribution in [3.63, 3.8) is 0 Å². The number of hydrogen-bond donors (Lipinski definition) is 0. The van der Waals surface area contributed by atoms with Crippen molar-refractivity contribution in [3.05, 3.63) is 106 Å². The van der Waals surface area contributed by atoms with Gasteiger partial charge in [-0.05, 0) is 47.6 Å². The minimum Gasteiger partial charge on any atom is -0.493 e. The summed E-state index contributed by atoms with van der Waals surface area (Å²) in [5, 5.41) is 0. The Hall–Kier alpha value is -3.14. The van der Waals surface area contributed by atoms with Crippen molar-refractivity contribution < 1.29 is 18.9 Å². The lowest BCUT2D eigenvalue weighted by Gasteiger charge is -2.32. The zero-order valence-corrected chi connectivity index (χ0v) is 27.4. The predicted octanol–water partition coefficient (Wildman–Crippen LogP) is 10.2. The predicted molar refractivity (Wildman–Crippen MR) is 168 cm³/mol. The van der Waals surface area contributed by atoms with Gasteiger partial charge in [0.05, 0.1) is 14.2 Å². The number of allylic oxidation sites excluding steroid dienone is 16. The van der Waals surface area contributed by atoms with Crippen molar-refractivity contribution >= 4 is 0 Å². The molecule has 2 rings (SSSR count). The maximum absolute atomic E-state index is 6.27. The van der Waals surface area contributed by atoms with Crippen molar-refractivity contribution in [2.75, 3.05) is 14.2 Å². The maximum Gasteiger partial charge on any atom is 0.160 e. The molecule has 2 aliphatic heterocycles. The van der Waals surface area contributed by atoms with E-state index in [4.69, 9.17) is 18.9 Å². The summed E-state index contributed by atoms with van der Waals surface area (Å²) in [6.07, 6.45) is 20.3. The topological polar surface area (TPSA) is 36.9 Å². The molecule has 4 nitrogen and oxygen atoms in total. The lowest BCUT2D eigenvalue weighted by Crippen LogP contribution is -2.21. The van der Waals surface area contributed by atoms with Crippen LogP contribution in [0.2, 0.25) is 0 Å². The lowest BCUT2D eigenvalue weighted by atomic mass is 9.87. The molecule has 0 unspecified atom stereocenters. The van der Waals surface area contributed by atoms with E-state index in [-0.39, 0.29) is 21.7 Å². The highest BCUT2D eigenvalue weighted by molar-refractivity contribution is 5.44. The first-order valence-electron chi connectivity index (χ1n) is 14.1. The van der Waals surface area contributed by atoms with Gasteiger partial charge in [0.15, 0.2) is 11.5 Å². The van der Waals surface area contributed by atoms with Gasteiger partial charge < -0.3 is 18.9 Å². The van der Waals surface area contributed by atoms with E-state index in [0.29, 0.717) is 11.5 Å². The Morgan fingerprint density at radius 1 is 0.500 bits per heavy atom. The molecule has 0 bridgehead atoms. The van der Waals surface area contributed by atoms with Crippen LogP contribution in [-0.4, -0.2) is 14.2 Å². The van der Waals surface area contributed by atoms with Gasteiger partial charge in [0.1, 0.15) is 23.0 Å². The summed E-state index contributed by atoms with van der Waals surface area (Å²) in [7, 11) is 3.30. The molecule has 0 saturated heterocycles. The number of hydrogen-bond acceptors (Lipinski definition) is 4. The first-order valence-corrected chi connectivity index (χ1v) is 14.1. The molecule has 0 amide bonds. The van der Waals surface area contributed by atoms with E-state index in [1.54, 1.807) is 14.2 Å². The summed E-state index contributed by atoms with van der Waals surface area (Å²) < 4.78 is 23.9. The molecule has 0 atom stereocenters. The highest BCUT2D eigenvalue weighted by Gasteiger charge is 2.29. The van der Waals surface area contributed by atoms with E-state index in [1.807, 2.05) is 24.3 Å². The highest BCUT2D eigenvalue weighted by Crippen LogP contribution is 2.40. The van der Waals surface area contributed by atoms with Crippen LogP contribution in [0.4, 0.5) is 0 Å².